The predicted octanol–water partition coefficient (Wildman–Crippen LogP) is 6.53. The Bertz CT molecular complexity index is 1790. The fourth-order valence-electron chi connectivity index (χ4n) is 5.11. The monoisotopic (exact) mass is 566 g/mol. The molecule has 1 aliphatic rings. The highest BCUT2D eigenvalue weighted by Crippen LogP contribution is 2.46. The number of hydrogen-bond acceptors (Lipinski definition) is 5. The molecule has 0 aliphatic carbocycles. The van der Waals surface area contributed by atoms with Crippen molar-refractivity contribution in [1.29, 1.82) is 0 Å². The van der Waals surface area contributed by atoms with Gasteiger partial charge in [0.1, 0.15) is 16.8 Å². The quantitative estimate of drug-likeness (QED) is 0.262. The van der Waals surface area contributed by atoms with Crippen molar-refractivity contribution in [3.05, 3.63) is 135 Å². The lowest BCUT2D eigenvalue weighted by Crippen LogP contribution is -2.54. The Kier molecular flexibility index (Phi) is 6.84. The van der Waals surface area contributed by atoms with Crippen LogP contribution in [0.5, 0.6) is 5.75 Å². The molecule has 6 rings (SSSR count). The van der Waals surface area contributed by atoms with E-state index in [0.717, 1.165) is 0 Å². The number of anilines is 2. The molecule has 2 heterocycles. The Hall–Kier alpha value is -4.46. The standard InChI is InChI=1S/C32H23ClN2O4S/c1-39-23-15-12-19(13-16-23)26-27-29(36)24-18-21(33)14-17-25(24)40-32(27)35(22-10-6-3-7-11-22)31(38)28(26)34-30(37)20-8-4-2-5-9-20/h2-18,26,28H,1H3,(H,34,37)/t26-,28-/m1/s1. The Labute approximate surface area is 239 Å². The lowest BCUT2D eigenvalue weighted by atomic mass is 9.81. The predicted molar refractivity (Wildman–Crippen MR) is 159 cm³/mol. The minimum absolute atomic E-state index is 0.237. The van der Waals surface area contributed by atoms with Gasteiger partial charge in [0.15, 0.2) is 5.43 Å². The normalized spacial score (nSPS) is 16.4. The zero-order valence-electron chi connectivity index (χ0n) is 21.3. The lowest BCUT2D eigenvalue weighted by molar-refractivity contribution is -0.120. The summed E-state index contributed by atoms with van der Waals surface area (Å²) in [6.45, 7) is 0. The Morgan fingerprint density at radius 1 is 0.900 bits per heavy atom. The maximum Gasteiger partial charge on any atom is 0.255 e. The summed E-state index contributed by atoms with van der Waals surface area (Å²) in [5.41, 5.74) is 1.90. The molecule has 8 heteroatoms. The molecule has 1 N–H and O–H groups in total. The molecule has 40 heavy (non-hydrogen) atoms. The molecule has 5 aromatic rings. The largest absolute Gasteiger partial charge is 0.497 e. The third kappa shape index (κ3) is 4.53. The fourth-order valence-corrected chi connectivity index (χ4v) is 6.50. The van der Waals surface area contributed by atoms with Gasteiger partial charge in [0.05, 0.1) is 7.11 Å². The van der Waals surface area contributed by atoms with Gasteiger partial charge in [-0.1, -0.05) is 60.1 Å². The number of rotatable bonds is 5. The number of carbonyl (C=O) groups is 2. The van der Waals surface area contributed by atoms with Crippen molar-refractivity contribution < 1.29 is 14.3 Å². The van der Waals surface area contributed by atoms with Crippen LogP contribution in [0.3, 0.4) is 0 Å². The number of fused-ring (bicyclic) bond motifs is 2. The summed E-state index contributed by atoms with van der Waals surface area (Å²) in [7, 11) is 1.57. The first kappa shape index (κ1) is 25.8. The molecule has 198 valence electrons. The van der Waals surface area contributed by atoms with Crippen molar-refractivity contribution in [3.8, 4) is 5.75 Å². The van der Waals surface area contributed by atoms with Gasteiger partial charge in [0.25, 0.3) is 11.8 Å². The number of halogens is 1. The van der Waals surface area contributed by atoms with Crippen LogP contribution in [0.2, 0.25) is 5.02 Å². The van der Waals surface area contributed by atoms with Crippen molar-refractivity contribution in [2.24, 2.45) is 0 Å². The van der Waals surface area contributed by atoms with E-state index in [-0.39, 0.29) is 11.3 Å². The van der Waals surface area contributed by atoms with Gasteiger partial charge in [-0.25, -0.2) is 0 Å². The molecule has 0 saturated carbocycles. The van der Waals surface area contributed by atoms with Gasteiger partial charge in [-0.15, -0.1) is 11.3 Å². The first-order chi connectivity index (χ1) is 19.5. The fraction of sp³-hybridized carbons (Fsp3) is 0.0938. The number of amides is 2. The van der Waals surface area contributed by atoms with E-state index >= 15 is 0 Å². The summed E-state index contributed by atoms with van der Waals surface area (Å²) >= 11 is 7.66. The van der Waals surface area contributed by atoms with Crippen molar-refractivity contribution in [1.82, 2.24) is 5.32 Å². The SMILES string of the molecule is COc1ccc([C@@H]2c3c(sc4ccc(Cl)cc4c3=O)N(c3ccccc3)C(=O)[C@@H]2NC(=O)c2ccccc2)cc1. The molecular formula is C32H23ClN2O4S. The Balaban J connectivity index is 1.63. The second-order valence-corrected chi connectivity index (χ2v) is 10.8. The molecule has 2 amide bonds. The van der Waals surface area contributed by atoms with Gasteiger partial charge in [-0.3, -0.25) is 19.3 Å². The minimum atomic E-state index is -1.06. The summed E-state index contributed by atoms with van der Waals surface area (Å²) in [4.78, 5) is 43.7. The third-order valence-corrected chi connectivity index (χ3v) is 8.42. The van der Waals surface area contributed by atoms with Crippen molar-refractivity contribution in [3.63, 3.8) is 0 Å². The van der Waals surface area contributed by atoms with Gasteiger partial charge < -0.3 is 10.1 Å². The summed E-state index contributed by atoms with van der Waals surface area (Å²) in [6, 6.07) is 29.2. The Morgan fingerprint density at radius 3 is 2.25 bits per heavy atom. The molecule has 0 unspecified atom stereocenters. The molecule has 1 aromatic heterocycles. The first-order valence-electron chi connectivity index (χ1n) is 12.6. The molecule has 0 spiro atoms. The maximum absolute atomic E-state index is 14.4. The summed E-state index contributed by atoms with van der Waals surface area (Å²) in [5.74, 6) is -0.868. The number of hydrogen-bond donors (Lipinski definition) is 1. The highest BCUT2D eigenvalue weighted by atomic mass is 35.5. The van der Waals surface area contributed by atoms with E-state index < -0.39 is 17.9 Å². The molecule has 1 aliphatic heterocycles. The van der Waals surface area contributed by atoms with Crippen LogP contribution in [0.4, 0.5) is 10.7 Å². The van der Waals surface area contributed by atoms with Crippen LogP contribution in [-0.4, -0.2) is 25.0 Å². The zero-order valence-corrected chi connectivity index (χ0v) is 22.9. The lowest BCUT2D eigenvalue weighted by Gasteiger charge is -2.39. The zero-order chi connectivity index (χ0) is 27.8. The van der Waals surface area contributed by atoms with Crippen molar-refractivity contribution in [2.45, 2.75) is 12.0 Å². The molecule has 0 saturated heterocycles. The second kappa shape index (κ2) is 10.6. The van der Waals surface area contributed by atoms with E-state index in [9.17, 15) is 14.4 Å². The van der Waals surface area contributed by atoms with E-state index in [0.29, 0.717) is 48.2 Å². The summed E-state index contributed by atoms with van der Waals surface area (Å²) in [6.07, 6.45) is 0. The van der Waals surface area contributed by atoms with Crippen molar-refractivity contribution in [2.75, 3.05) is 12.0 Å². The highest BCUT2D eigenvalue weighted by Gasteiger charge is 2.45. The van der Waals surface area contributed by atoms with Crippen LogP contribution in [0.15, 0.2) is 108 Å². The van der Waals surface area contributed by atoms with Crippen LogP contribution < -0.4 is 20.4 Å². The van der Waals surface area contributed by atoms with Gasteiger partial charge >= 0.3 is 0 Å². The first-order valence-corrected chi connectivity index (χ1v) is 13.8. The number of para-hydroxylation sites is 1. The van der Waals surface area contributed by atoms with Gasteiger partial charge in [-0.2, -0.15) is 0 Å². The van der Waals surface area contributed by atoms with E-state index in [1.165, 1.54) is 11.3 Å². The molecule has 0 bridgehead atoms. The van der Waals surface area contributed by atoms with Crippen molar-refractivity contribution >= 4 is 55.5 Å². The minimum Gasteiger partial charge on any atom is -0.497 e. The van der Waals surface area contributed by atoms with E-state index in [2.05, 4.69) is 5.32 Å². The van der Waals surface area contributed by atoms with Gasteiger partial charge in [0, 0.05) is 37.8 Å². The summed E-state index contributed by atoms with van der Waals surface area (Å²) in [5, 5.41) is 4.39. The van der Waals surface area contributed by atoms with E-state index in [1.807, 2.05) is 48.5 Å². The molecule has 4 aromatic carbocycles. The highest BCUT2D eigenvalue weighted by molar-refractivity contribution is 7.22. The van der Waals surface area contributed by atoms with E-state index in [1.54, 1.807) is 66.6 Å². The number of ether oxygens (including phenoxy) is 1. The van der Waals surface area contributed by atoms with Crippen LogP contribution in [0.1, 0.15) is 27.4 Å². The molecule has 6 nitrogen and oxygen atoms in total. The van der Waals surface area contributed by atoms with Crippen LogP contribution >= 0.6 is 22.9 Å². The van der Waals surface area contributed by atoms with Crippen LogP contribution in [0, 0.1) is 0 Å². The average Bonchev–Trinajstić information content (AvgIpc) is 2.99. The second-order valence-electron chi connectivity index (χ2n) is 9.37. The Morgan fingerprint density at radius 2 is 1.57 bits per heavy atom. The van der Waals surface area contributed by atoms with Crippen LogP contribution in [-0.2, 0) is 4.79 Å². The van der Waals surface area contributed by atoms with Gasteiger partial charge in [-0.05, 0) is 60.2 Å². The average molecular weight is 567 g/mol. The van der Waals surface area contributed by atoms with Gasteiger partial charge in [0.2, 0.25) is 0 Å². The number of nitrogens with zero attached hydrogens (tertiary/aromatic N) is 1. The molecule has 0 fully saturated rings. The number of benzene rings is 4. The molecular weight excluding hydrogens is 544 g/mol. The smallest absolute Gasteiger partial charge is 0.255 e. The van der Waals surface area contributed by atoms with Crippen LogP contribution in [0.25, 0.3) is 10.1 Å². The number of nitrogens with one attached hydrogen (secondary N) is 1. The molecule has 2 atom stereocenters. The van der Waals surface area contributed by atoms with E-state index in [4.69, 9.17) is 16.3 Å². The summed E-state index contributed by atoms with van der Waals surface area (Å²) < 4.78 is 6.06. The number of carbonyl (C=O) groups excluding carboxylic acids is 2. The molecule has 0 radical (unpaired) electrons. The maximum atomic E-state index is 14.4. The number of methoxy groups -OCH3 is 1. The third-order valence-electron chi connectivity index (χ3n) is 7.01. The topological polar surface area (TPSA) is 75.7 Å².